The number of aryl methyl sites for hydroxylation is 1. The second-order valence-electron chi connectivity index (χ2n) is 8.95. The van der Waals surface area contributed by atoms with Crippen LogP contribution in [-0.2, 0) is 16.0 Å². The minimum Gasteiger partial charge on any atom is -0.463 e. The minimum atomic E-state index is -0.810. The average Bonchev–Trinajstić information content (AvgIpc) is 3.54. The molecule has 4 heterocycles. The normalized spacial score (nSPS) is 19.0. The van der Waals surface area contributed by atoms with E-state index >= 15 is 0 Å². The number of urea groups is 1. The quantitative estimate of drug-likeness (QED) is 0.288. The van der Waals surface area contributed by atoms with Gasteiger partial charge in [0.25, 0.3) is 0 Å². The Hall–Kier alpha value is -2.80. The summed E-state index contributed by atoms with van der Waals surface area (Å²) in [6.45, 7) is 7.39. The number of unbranched alkanes of at least 4 members (excludes halogenated alkanes) is 1. The van der Waals surface area contributed by atoms with E-state index in [0.717, 1.165) is 19.3 Å². The molecule has 11 nitrogen and oxygen atoms in total. The molecular formula is C24H32ClN7O4S. The Morgan fingerprint density at radius 2 is 1.97 bits per heavy atom. The van der Waals surface area contributed by atoms with Gasteiger partial charge in [-0.15, -0.1) is 11.3 Å². The highest BCUT2D eigenvalue weighted by Gasteiger charge is 2.37. The molecule has 13 heteroatoms. The minimum absolute atomic E-state index is 0.0129. The highest BCUT2D eigenvalue weighted by Crippen LogP contribution is 2.31. The maximum atomic E-state index is 13.1. The molecule has 200 valence electrons. The molecule has 1 atom stereocenters. The van der Waals surface area contributed by atoms with Crippen molar-refractivity contribution in [2.75, 3.05) is 45.9 Å². The Bertz CT molecular complexity index is 1140. The number of ketones is 1. The average molecular weight is 550 g/mol. The highest BCUT2D eigenvalue weighted by atomic mass is 35.5. The van der Waals surface area contributed by atoms with Gasteiger partial charge >= 0.3 is 12.0 Å². The molecule has 2 aliphatic rings. The molecule has 0 bridgehead atoms. The maximum Gasteiger partial charge on any atom is 0.338 e. The molecule has 3 N–H and O–H groups in total. The van der Waals surface area contributed by atoms with Gasteiger partial charge in [-0.05, 0) is 13.3 Å². The second kappa shape index (κ2) is 12.6. The molecule has 0 radical (unpaired) electrons. The predicted molar refractivity (Wildman–Crippen MR) is 140 cm³/mol. The summed E-state index contributed by atoms with van der Waals surface area (Å²) in [6, 6.07) is -1.24. The zero-order chi connectivity index (χ0) is 26.4. The lowest BCUT2D eigenvalue weighted by atomic mass is 9.99. The maximum absolute atomic E-state index is 13.1. The van der Waals surface area contributed by atoms with Crippen LogP contribution in [0.4, 0.5) is 4.79 Å². The van der Waals surface area contributed by atoms with Gasteiger partial charge in [0.2, 0.25) is 5.78 Å². The molecule has 0 aliphatic carbocycles. The lowest BCUT2D eigenvalue weighted by Crippen LogP contribution is -2.52. The van der Waals surface area contributed by atoms with Crippen molar-refractivity contribution in [1.29, 1.82) is 0 Å². The van der Waals surface area contributed by atoms with Crippen molar-refractivity contribution < 1.29 is 19.1 Å². The van der Waals surface area contributed by atoms with E-state index < -0.39 is 18.0 Å². The first-order valence-electron chi connectivity index (χ1n) is 12.5. The summed E-state index contributed by atoms with van der Waals surface area (Å²) in [7, 11) is 0. The van der Waals surface area contributed by atoms with E-state index in [1.165, 1.54) is 11.3 Å². The number of rotatable bonds is 11. The van der Waals surface area contributed by atoms with Crippen LogP contribution in [0.1, 0.15) is 54.1 Å². The van der Waals surface area contributed by atoms with E-state index in [0.29, 0.717) is 67.1 Å². The van der Waals surface area contributed by atoms with Crippen LogP contribution in [0.15, 0.2) is 22.8 Å². The number of hydrogen-bond acceptors (Lipinski definition) is 9. The van der Waals surface area contributed by atoms with Gasteiger partial charge in [0.1, 0.15) is 11.9 Å². The summed E-state index contributed by atoms with van der Waals surface area (Å²) < 4.78 is 5.36. The summed E-state index contributed by atoms with van der Waals surface area (Å²) in [6.07, 6.45) is 4.29. The first kappa shape index (κ1) is 27.2. The van der Waals surface area contributed by atoms with Crippen molar-refractivity contribution in [3.63, 3.8) is 0 Å². The monoisotopic (exact) mass is 549 g/mol. The molecule has 37 heavy (non-hydrogen) atoms. The van der Waals surface area contributed by atoms with Crippen LogP contribution in [0.2, 0.25) is 5.15 Å². The molecule has 0 saturated carbocycles. The molecule has 2 amide bonds. The van der Waals surface area contributed by atoms with E-state index in [-0.39, 0.29) is 17.5 Å². The topological polar surface area (TPSA) is 133 Å². The third-order valence-electron chi connectivity index (χ3n) is 6.32. The number of hydrogen-bond donors (Lipinski definition) is 3. The van der Waals surface area contributed by atoms with E-state index in [2.05, 4.69) is 42.3 Å². The fourth-order valence-electron chi connectivity index (χ4n) is 4.44. The Balaban J connectivity index is 1.50. The molecule has 1 saturated heterocycles. The van der Waals surface area contributed by atoms with Crippen LogP contribution in [0.3, 0.4) is 0 Å². The van der Waals surface area contributed by atoms with Crippen molar-refractivity contribution in [2.24, 2.45) is 0 Å². The number of aromatic amines is 1. The number of nitrogens with zero attached hydrogens (tertiary/aromatic N) is 4. The highest BCUT2D eigenvalue weighted by molar-refractivity contribution is 7.11. The number of amides is 2. The van der Waals surface area contributed by atoms with Crippen LogP contribution >= 0.6 is 22.9 Å². The SMILES string of the molecule is CCCCc1nc(Cl)c(C2NC(=O)NC(CN3CCN(CC(=O)c4nccs4)CC3)=C2C(=O)OCC)[nH]1. The molecule has 2 aliphatic heterocycles. The molecule has 4 rings (SSSR count). The van der Waals surface area contributed by atoms with Gasteiger partial charge in [-0.1, -0.05) is 24.9 Å². The van der Waals surface area contributed by atoms with Crippen LogP contribution < -0.4 is 10.6 Å². The lowest BCUT2D eigenvalue weighted by Gasteiger charge is -2.36. The number of imidazole rings is 1. The lowest BCUT2D eigenvalue weighted by molar-refractivity contribution is -0.139. The number of ether oxygens (including phenoxy) is 1. The van der Waals surface area contributed by atoms with Gasteiger partial charge in [0.05, 0.1) is 24.4 Å². The van der Waals surface area contributed by atoms with Crippen molar-refractivity contribution >= 4 is 40.7 Å². The Morgan fingerprint density at radius 3 is 2.65 bits per heavy atom. The van der Waals surface area contributed by atoms with Gasteiger partial charge in [-0.2, -0.15) is 0 Å². The zero-order valence-corrected chi connectivity index (χ0v) is 22.6. The number of piperazine rings is 1. The standard InChI is InChI=1S/C24H32ClN7O4S/c1-3-5-6-17-28-20(21(25)29-17)19-18(23(34)36-4-2)15(27-24(35)30-19)13-31-8-10-32(11-9-31)14-16(33)22-26-7-12-37-22/h7,12,19H,3-6,8-11,13-14H2,1-2H3,(H,28,29)(H2,27,30,35). The third-order valence-corrected chi connectivity index (χ3v) is 7.43. The molecule has 2 aromatic rings. The summed E-state index contributed by atoms with van der Waals surface area (Å²) in [4.78, 5) is 54.1. The molecule has 1 unspecified atom stereocenters. The van der Waals surface area contributed by atoms with Crippen molar-refractivity contribution in [2.45, 2.75) is 39.2 Å². The number of carbonyl (C=O) groups is 3. The summed E-state index contributed by atoms with van der Waals surface area (Å²) in [5.41, 5.74) is 1.24. The molecule has 2 aromatic heterocycles. The predicted octanol–water partition coefficient (Wildman–Crippen LogP) is 2.53. The number of nitrogens with one attached hydrogen (secondary N) is 3. The first-order chi connectivity index (χ1) is 17.9. The van der Waals surface area contributed by atoms with Crippen molar-refractivity contribution in [3.05, 3.63) is 44.5 Å². The zero-order valence-electron chi connectivity index (χ0n) is 21.0. The number of halogens is 1. The van der Waals surface area contributed by atoms with Crippen LogP contribution in [-0.4, -0.2) is 88.4 Å². The number of esters is 1. The van der Waals surface area contributed by atoms with E-state index in [1.807, 2.05) is 0 Å². The number of carbonyl (C=O) groups excluding carboxylic acids is 3. The second-order valence-corrected chi connectivity index (χ2v) is 10.2. The van der Waals surface area contributed by atoms with Gasteiger partial charge < -0.3 is 20.4 Å². The van der Waals surface area contributed by atoms with E-state index in [1.54, 1.807) is 18.5 Å². The molecule has 0 spiro atoms. The van der Waals surface area contributed by atoms with Crippen LogP contribution in [0.5, 0.6) is 0 Å². The summed E-state index contributed by atoms with van der Waals surface area (Å²) in [5.74, 6) is 0.199. The smallest absolute Gasteiger partial charge is 0.338 e. The molecular weight excluding hydrogens is 518 g/mol. The van der Waals surface area contributed by atoms with E-state index in [4.69, 9.17) is 16.3 Å². The number of H-pyrrole nitrogens is 1. The summed E-state index contributed by atoms with van der Waals surface area (Å²) >= 11 is 7.79. The van der Waals surface area contributed by atoms with Crippen molar-refractivity contribution in [3.8, 4) is 0 Å². The third kappa shape index (κ3) is 6.75. The van der Waals surface area contributed by atoms with Crippen LogP contribution in [0.25, 0.3) is 0 Å². The van der Waals surface area contributed by atoms with Gasteiger partial charge in [0, 0.05) is 56.4 Å². The van der Waals surface area contributed by atoms with Gasteiger partial charge in [0.15, 0.2) is 10.2 Å². The Labute approximate surface area is 224 Å². The number of Topliss-reactive ketones (excluding diaryl/α,β-unsaturated/α-hetero) is 1. The molecule has 0 aromatic carbocycles. The Kier molecular flexibility index (Phi) is 9.30. The number of aromatic nitrogens is 3. The van der Waals surface area contributed by atoms with Crippen LogP contribution in [0, 0.1) is 0 Å². The fourth-order valence-corrected chi connectivity index (χ4v) is 5.26. The van der Waals surface area contributed by atoms with Gasteiger partial charge in [-0.25, -0.2) is 19.6 Å². The fraction of sp³-hybridized carbons (Fsp3) is 0.542. The van der Waals surface area contributed by atoms with Crippen molar-refractivity contribution in [1.82, 2.24) is 35.4 Å². The Morgan fingerprint density at radius 1 is 1.22 bits per heavy atom. The largest absolute Gasteiger partial charge is 0.463 e. The van der Waals surface area contributed by atoms with Gasteiger partial charge in [-0.3, -0.25) is 14.6 Å². The number of thiazole rings is 1. The first-order valence-corrected chi connectivity index (χ1v) is 13.7. The summed E-state index contributed by atoms with van der Waals surface area (Å²) in [5, 5.41) is 8.15. The molecule has 1 fully saturated rings. The van der Waals surface area contributed by atoms with E-state index in [9.17, 15) is 14.4 Å².